The van der Waals surface area contributed by atoms with Crippen LogP contribution in [0.25, 0.3) is 0 Å². The molecule has 2 aromatic rings. The first-order valence-corrected chi connectivity index (χ1v) is 9.82. The first-order valence-electron chi connectivity index (χ1n) is 9.82. The van der Waals surface area contributed by atoms with Crippen molar-refractivity contribution in [1.82, 2.24) is 0 Å². The number of hydrogen-bond donors (Lipinski definition) is 1. The molecule has 0 spiro atoms. The minimum Gasteiger partial charge on any atom is -0.493 e. The first-order chi connectivity index (χ1) is 14.5. The number of methoxy groups -OCH3 is 3. The van der Waals surface area contributed by atoms with Crippen LogP contribution in [0.4, 0.5) is 5.69 Å². The fourth-order valence-electron chi connectivity index (χ4n) is 3.18. The van der Waals surface area contributed by atoms with E-state index in [0.717, 1.165) is 29.7 Å². The van der Waals surface area contributed by atoms with E-state index in [1.807, 2.05) is 32.0 Å². The Morgan fingerprint density at radius 2 is 1.47 bits per heavy atom. The second-order valence-electron chi connectivity index (χ2n) is 6.58. The van der Waals surface area contributed by atoms with Crippen LogP contribution in [0.15, 0.2) is 30.3 Å². The third-order valence-electron chi connectivity index (χ3n) is 4.70. The molecule has 0 saturated carbocycles. The topological polar surface area (TPSA) is 83.1 Å². The van der Waals surface area contributed by atoms with Crippen molar-refractivity contribution < 1.29 is 28.5 Å². The number of carbonyl (C=O) groups excluding carboxylic acids is 2. The molecule has 7 nitrogen and oxygen atoms in total. The third kappa shape index (κ3) is 5.65. The molecule has 2 rings (SSSR count). The van der Waals surface area contributed by atoms with Crippen LogP contribution >= 0.6 is 0 Å². The number of amides is 1. The molecule has 0 heterocycles. The van der Waals surface area contributed by atoms with Gasteiger partial charge >= 0.3 is 5.97 Å². The molecule has 30 heavy (non-hydrogen) atoms. The summed E-state index contributed by atoms with van der Waals surface area (Å²) in [6.07, 6.45) is 1.56. The highest BCUT2D eigenvalue weighted by Gasteiger charge is 2.17. The molecule has 0 fully saturated rings. The predicted octanol–water partition coefficient (Wildman–Crippen LogP) is 3.56. The van der Waals surface area contributed by atoms with E-state index in [0.29, 0.717) is 22.8 Å². The van der Waals surface area contributed by atoms with Crippen LogP contribution in [0, 0.1) is 0 Å². The van der Waals surface area contributed by atoms with Gasteiger partial charge in [-0.1, -0.05) is 32.0 Å². The van der Waals surface area contributed by atoms with Crippen LogP contribution in [-0.2, 0) is 33.6 Å². The Morgan fingerprint density at radius 1 is 0.900 bits per heavy atom. The SMILES string of the molecule is CCc1cccc(CC)c1NC(=O)COC(=O)Cc1cc(OC)c(OC)c(OC)c1. The van der Waals surface area contributed by atoms with Crippen LogP contribution in [0.2, 0.25) is 0 Å². The van der Waals surface area contributed by atoms with Crippen molar-refractivity contribution in [3.05, 3.63) is 47.0 Å². The number of hydrogen-bond acceptors (Lipinski definition) is 6. The van der Waals surface area contributed by atoms with Crippen LogP contribution in [0.1, 0.15) is 30.5 Å². The molecule has 0 aliphatic rings. The lowest BCUT2D eigenvalue weighted by molar-refractivity contribution is -0.146. The summed E-state index contributed by atoms with van der Waals surface area (Å²) in [5.74, 6) is 0.432. The maximum Gasteiger partial charge on any atom is 0.310 e. The molecule has 1 amide bonds. The molecule has 0 unspecified atom stereocenters. The first kappa shape index (κ1) is 23.1. The van der Waals surface area contributed by atoms with Gasteiger partial charge in [0.1, 0.15) is 0 Å². The second kappa shape index (κ2) is 11.1. The van der Waals surface area contributed by atoms with Gasteiger partial charge in [-0.2, -0.15) is 0 Å². The number of rotatable bonds is 10. The van der Waals surface area contributed by atoms with E-state index >= 15 is 0 Å². The highest BCUT2D eigenvalue weighted by atomic mass is 16.5. The molecule has 0 atom stereocenters. The van der Waals surface area contributed by atoms with Crippen molar-refractivity contribution >= 4 is 17.6 Å². The van der Waals surface area contributed by atoms with Crippen molar-refractivity contribution in [3.8, 4) is 17.2 Å². The third-order valence-corrected chi connectivity index (χ3v) is 4.70. The number of aryl methyl sites for hydroxylation is 2. The molecule has 7 heteroatoms. The Labute approximate surface area is 177 Å². The van der Waals surface area contributed by atoms with Gasteiger partial charge in [0, 0.05) is 5.69 Å². The van der Waals surface area contributed by atoms with E-state index in [4.69, 9.17) is 18.9 Å². The minimum absolute atomic E-state index is 0.0320. The maximum absolute atomic E-state index is 12.3. The van der Waals surface area contributed by atoms with Gasteiger partial charge in [0.25, 0.3) is 5.91 Å². The maximum atomic E-state index is 12.3. The zero-order valence-corrected chi connectivity index (χ0v) is 18.2. The van der Waals surface area contributed by atoms with Crippen molar-refractivity contribution in [3.63, 3.8) is 0 Å². The van der Waals surface area contributed by atoms with Gasteiger partial charge in [0.05, 0.1) is 27.8 Å². The number of esters is 1. The zero-order chi connectivity index (χ0) is 22.1. The van der Waals surface area contributed by atoms with Gasteiger partial charge in [0.15, 0.2) is 18.1 Å². The van der Waals surface area contributed by atoms with Crippen LogP contribution < -0.4 is 19.5 Å². The van der Waals surface area contributed by atoms with Crippen molar-refractivity contribution in [2.75, 3.05) is 33.3 Å². The van der Waals surface area contributed by atoms with E-state index in [-0.39, 0.29) is 18.9 Å². The lowest BCUT2D eigenvalue weighted by Crippen LogP contribution is -2.23. The van der Waals surface area contributed by atoms with E-state index in [9.17, 15) is 9.59 Å². The lowest BCUT2D eigenvalue weighted by atomic mass is 10.0. The minimum atomic E-state index is -0.529. The largest absolute Gasteiger partial charge is 0.493 e. The average Bonchev–Trinajstić information content (AvgIpc) is 2.76. The fraction of sp³-hybridized carbons (Fsp3) is 0.391. The summed E-state index contributed by atoms with van der Waals surface area (Å²) in [5.41, 5.74) is 3.52. The Balaban J connectivity index is 2.01. The standard InChI is InChI=1S/C23H29NO6/c1-6-16-9-8-10-17(7-2)22(16)24-20(25)14-30-21(26)13-15-11-18(27-3)23(29-5)19(12-15)28-4/h8-12H,6-7,13-14H2,1-5H3,(H,24,25). The monoisotopic (exact) mass is 415 g/mol. The van der Waals surface area contributed by atoms with Gasteiger partial charge in [-0.15, -0.1) is 0 Å². The number of benzene rings is 2. The molecule has 0 bridgehead atoms. The molecule has 2 aromatic carbocycles. The van der Waals surface area contributed by atoms with E-state index in [2.05, 4.69) is 5.32 Å². The Bertz CT molecular complexity index is 846. The summed E-state index contributed by atoms with van der Waals surface area (Å²) in [6.45, 7) is 3.70. The smallest absolute Gasteiger partial charge is 0.310 e. The molecule has 0 aliphatic heterocycles. The highest BCUT2D eigenvalue weighted by molar-refractivity contribution is 5.94. The van der Waals surface area contributed by atoms with Gasteiger partial charge in [-0.25, -0.2) is 0 Å². The van der Waals surface area contributed by atoms with E-state index < -0.39 is 5.97 Å². The van der Waals surface area contributed by atoms with Gasteiger partial charge in [0.2, 0.25) is 5.75 Å². The summed E-state index contributed by atoms with van der Waals surface area (Å²) in [5, 5.41) is 2.88. The molecule has 0 aromatic heterocycles. The molecular weight excluding hydrogens is 386 g/mol. The molecular formula is C23H29NO6. The number of ether oxygens (including phenoxy) is 4. The van der Waals surface area contributed by atoms with Crippen LogP contribution in [-0.4, -0.2) is 39.8 Å². The van der Waals surface area contributed by atoms with Crippen molar-refractivity contribution in [2.45, 2.75) is 33.1 Å². The summed E-state index contributed by atoms with van der Waals surface area (Å²) in [4.78, 5) is 24.6. The summed E-state index contributed by atoms with van der Waals surface area (Å²) in [6, 6.07) is 9.28. The Morgan fingerprint density at radius 3 is 1.93 bits per heavy atom. The lowest BCUT2D eigenvalue weighted by Gasteiger charge is -2.15. The van der Waals surface area contributed by atoms with Gasteiger partial charge in [-0.3, -0.25) is 9.59 Å². The molecule has 1 N–H and O–H groups in total. The van der Waals surface area contributed by atoms with Crippen molar-refractivity contribution in [1.29, 1.82) is 0 Å². The number of carbonyl (C=O) groups is 2. The molecule has 162 valence electrons. The summed E-state index contributed by atoms with van der Waals surface area (Å²) < 4.78 is 21.0. The zero-order valence-electron chi connectivity index (χ0n) is 18.2. The number of para-hydroxylation sites is 1. The predicted molar refractivity (Wildman–Crippen MR) is 115 cm³/mol. The molecule has 0 aliphatic carbocycles. The quantitative estimate of drug-likeness (QED) is 0.598. The fourth-order valence-corrected chi connectivity index (χ4v) is 3.18. The normalized spacial score (nSPS) is 10.3. The van der Waals surface area contributed by atoms with Crippen LogP contribution in [0.5, 0.6) is 17.2 Å². The summed E-state index contributed by atoms with van der Waals surface area (Å²) >= 11 is 0. The number of anilines is 1. The van der Waals surface area contributed by atoms with E-state index in [1.54, 1.807) is 12.1 Å². The number of nitrogens with one attached hydrogen (secondary N) is 1. The second-order valence-corrected chi connectivity index (χ2v) is 6.58. The molecule has 0 saturated heterocycles. The van der Waals surface area contributed by atoms with Crippen LogP contribution in [0.3, 0.4) is 0 Å². The van der Waals surface area contributed by atoms with E-state index in [1.165, 1.54) is 21.3 Å². The average molecular weight is 415 g/mol. The van der Waals surface area contributed by atoms with Gasteiger partial charge in [-0.05, 0) is 41.7 Å². The molecule has 0 radical (unpaired) electrons. The Kier molecular flexibility index (Phi) is 8.53. The van der Waals surface area contributed by atoms with Gasteiger partial charge < -0.3 is 24.3 Å². The summed E-state index contributed by atoms with van der Waals surface area (Å²) in [7, 11) is 4.51. The highest BCUT2D eigenvalue weighted by Crippen LogP contribution is 2.38. The Hall–Kier alpha value is -3.22. The van der Waals surface area contributed by atoms with Crippen molar-refractivity contribution in [2.24, 2.45) is 0 Å².